The maximum Gasteiger partial charge on any atom is 0.151 e. The van der Waals surface area contributed by atoms with Crippen LogP contribution < -0.4 is 9.64 Å². The van der Waals surface area contributed by atoms with E-state index in [1.165, 1.54) is 0 Å². The van der Waals surface area contributed by atoms with Crippen LogP contribution in [-0.4, -0.2) is 34.9 Å². The molecule has 0 atom stereocenters. The lowest BCUT2D eigenvalue weighted by molar-refractivity contribution is 0.219. The Hall–Kier alpha value is -2.17. The highest BCUT2D eigenvalue weighted by Gasteiger charge is 2.29. The molecule has 1 aliphatic heterocycles. The lowest BCUT2D eigenvalue weighted by Gasteiger charge is -2.39. The molecule has 0 radical (unpaired) electrons. The summed E-state index contributed by atoms with van der Waals surface area (Å²) in [6.07, 6.45) is 3.49. The molecular weight excluding hydrogens is 276 g/mol. The van der Waals surface area contributed by atoms with E-state index in [9.17, 15) is 0 Å². The summed E-state index contributed by atoms with van der Waals surface area (Å²) >= 11 is 0. The largest absolute Gasteiger partial charge is 0.492 e. The van der Waals surface area contributed by atoms with E-state index in [2.05, 4.69) is 53.0 Å². The number of hydrogen-bond acceptors (Lipinski definition) is 5. The van der Waals surface area contributed by atoms with Crippen LogP contribution in [0.2, 0.25) is 0 Å². The molecule has 1 aliphatic rings. The van der Waals surface area contributed by atoms with E-state index in [4.69, 9.17) is 4.74 Å². The Balaban J connectivity index is 1.49. The molecule has 0 spiro atoms. The summed E-state index contributed by atoms with van der Waals surface area (Å²) in [7, 11) is 0. The average molecular weight is 298 g/mol. The second-order valence-corrected chi connectivity index (χ2v) is 6.80. The molecule has 0 aliphatic carbocycles. The lowest BCUT2D eigenvalue weighted by atomic mass is 9.92. The Morgan fingerprint density at radius 3 is 2.59 bits per heavy atom. The van der Waals surface area contributed by atoms with Crippen molar-refractivity contribution in [2.45, 2.75) is 26.2 Å². The summed E-state index contributed by atoms with van der Waals surface area (Å²) in [6, 6.07) is 7.95. The second-order valence-electron chi connectivity index (χ2n) is 6.80. The summed E-state index contributed by atoms with van der Waals surface area (Å²) < 4.78 is 5.73. The summed E-state index contributed by atoms with van der Waals surface area (Å²) in [6.45, 7) is 9.08. The molecule has 0 saturated carbocycles. The number of nitrogens with zero attached hydrogens (tertiary/aromatic N) is 4. The highest BCUT2D eigenvalue weighted by Crippen LogP contribution is 2.25. The van der Waals surface area contributed by atoms with E-state index in [0.29, 0.717) is 5.92 Å². The molecule has 5 nitrogen and oxygen atoms in total. The van der Waals surface area contributed by atoms with E-state index in [1.807, 2.05) is 12.1 Å². The minimum absolute atomic E-state index is 0.0422. The smallest absolute Gasteiger partial charge is 0.151 e. The average Bonchev–Trinajstić information content (AvgIpc) is 2.46. The molecule has 0 unspecified atom stereocenters. The van der Waals surface area contributed by atoms with Crippen LogP contribution in [0.4, 0.5) is 5.82 Å². The first-order valence-corrected chi connectivity index (χ1v) is 7.64. The van der Waals surface area contributed by atoms with Gasteiger partial charge in [-0.15, -0.1) is 5.10 Å². The van der Waals surface area contributed by atoms with Crippen molar-refractivity contribution in [3.05, 3.63) is 42.4 Å². The molecule has 116 valence electrons. The van der Waals surface area contributed by atoms with Gasteiger partial charge in [0, 0.05) is 30.6 Å². The zero-order valence-corrected chi connectivity index (χ0v) is 13.4. The normalized spacial score (nSPS) is 15.5. The van der Waals surface area contributed by atoms with E-state index in [-0.39, 0.29) is 5.41 Å². The molecule has 0 aromatic carbocycles. The molecule has 2 aromatic rings. The SMILES string of the molecule is CC(C)(C)c1ccc(N2CC(COc3cccnc3)C2)nn1. The van der Waals surface area contributed by atoms with Crippen LogP contribution in [0.5, 0.6) is 5.75 Å². The van der Waals surface area contributed by atoms with Crippen molar-refractivity contribution in [3.63, 3.8) is 0 Å². The molecule has 1 saturated heterocycles. The maximum atomic E-state index is 5.73. The quantitative estimate of drug-likeness (QED) is 0.868. The number of aromatic nitrogens is 3. The third kappa shape index (κ3) is 3.35. The van der Waals surface area contributed by atoms with Crippen LogP contribution in [0.15, 0.2) is 36.7 Å². The highest BCUT2D eigenvalue weighted by molar-refractivity contribution is 5.41. The minimum Gasteiger partial charge on any atom is -0.492 e. The minimum atomic E-state index is 0.0422. The number of hydrogen-bond donors (Lipinski definition) is 0. The van der Waals surface area contributed by atoms with Crippen LogP contribution in [0, 0.1) is 5.92 Å². The topological polar surface area (TPSA) is 51.1 Å². The molecule has 0 bridgehead atoms. The maximum absolute atomic E-state index is 5.73. The number of pyridine rings is 1. The Labute approximate surface area is 131 Å². The Morgan fingerprint density at radius 1 is 1.18 bits per heavy atom. The van der Waals surface area contributed by atoms with Gasteiger partial charge in [0.1, 0.15) is 5.75 Å². The molecular formula is C17H22N4O. The zero-order chi connectivity index (χ0) is 15.6. The van der Waals surface area contributed by atoms with Crippen molar-refractivity contribution in [3.8, 4) is 5.75 Å². The fourth-order valence-electron chi connectivity index (χ4n) is 2.40. The van der Waals surface area contributed by atoms with Gasteiger partial charge in [-0.3, -0.25) is 4.98 Å². The van der Waals surface area contributed by atoms with Crippen LogP contribution in [0.25, 0.3) is 0 Å². The van der Waals surface area contributed by atoms with Crippen molar-refractivity contribution >= 4 is 5.82 Å². The van der Waals surface area contributed by atoms with Crippen LogP contribution in [0.1, 0.15) is 26.5 Å². The Morgan fingerprint density at radius 2 is 2.00 bits per heavy atom. The molecule has 1 fully saturated rings. The van der Waals surface area contributed by atoms with Gasteiger partial charge in [0.05, 0.1) is 18.5 Å². The first-order valence-electron chi connectivity index (χ1n) is 7.64. The predicted molar refractivity (Wildman–Crippen MR) is 86.2 cm³/mol. The summed E-state index contributed by atoms with van der Waals surface area (Å²) in [4.78, 5) is 6.28. The van der Waals surface area contributed by atoms with Crippen molar-refractivity contribution in [2.75, 3.05) is 24.6 Å². The monoisotopic (exact) mass is 298 g/mol. The summed E-state index contributed by atoms with van der Waals surface area (Å²) in [5.74, 6) is 2.31. The van der Waals surface area contributed by atoms with Gasteiger partial charge in [0.15, 0.2) is 5.82 Å². The fourth-order valence-corrected chi connectivity index (χ4v) is 2.40. The van der Waals surface area contributed by atoms with Crippen LogP contribution in [0.3, 0.4) is 0 Å². The van der Waals surface area contributed by atoms with Gasteiger partial charge < -0.3 is 9.64 Å². The molecule has 22 heavy (non-hydrogen) atoms. The van der Waals surface area contributed by atoms with Gasteiger partial charge in [0.2, 0.25) is 0 Å². The third-order valence-corrected chi connectivity index (χ3v) is 3.82. The van der Waals surface area contributed by atoms with Gasteiger partial charge in [-0.1, -0.05) is 20.8 Å². The lowest BCUT2D eigenvalue weighted by Crippen LogP contribution is -2.49. The van der Waals surface area contributed by atoms with Gasteiger partial charge in [-0.2, -0.15) is 5.10 Å². The van der Waals surface area contributed by atoms with Gasteiger partial charge in [-0.25, -0.2) is 0 Å². The standard InChI is InChI=1S/C17H22N4O/c1-17(2,3)15-6-7-16(20-19-15)21-10-13(11-21)12-22-14-5-4-8-18-9-14/h4-9,13H,10-12H2,1-3H3. The van der Waals surface area contributed by atoms with Crippen molar-refractivity contribution in [2.24, 2.45) is 5.92 Å². The number of rotatable bonds is 4. The van der Waals surface area contributed by atoms with E-state index < -0.39 is 0 Å². The first kappa shape index (κ1) is 14.8. The van der Waals surface area contributed by atoms with E-state index in [0.717, 1.165) is 37.0 Å². The number of ether oxygens (including phenoxy) is 1. The molecule has 3 rings (SSSR count). The van der Waals surface area contributed by atoms with E-state index in [1.54, 1.807) is 12.4 Å². The van der Waals surface area contributed by atoms with Gasteiger partial charge in [0.25, 0.3) is 0 Å². The summed E-state index contributed by atoms with van der Waals surface area (Å²) in [5, 5.41) is 8.69. The predicted octanol–water partition coefficient (Wildman–Crippen LogP) is 2.68. The van der Waals surface area contributed by atoms with E-state index >= 15 is 0 Å². The van der Waals surface area contributed by atoms with Gasteiger partial charge >= 0.3 is 0 Å². The Kier molecular flexibility index (Phi) is 3.96. The second kappa shape index (κ2) is 5.91. The molecule has 0 amide bonds. The third-order valence-electron chi connectivity index (χ3n) is 3.82. The molecule has 0 N–H and O–H groups in total. The van der Waals surface area contributed by atoms with Crippen molar-refractivity contribution < 1.29 is 4.74 Å². The highest BCUT2D eigenvalue weighted by atomic mass is 16.5. The first-order chi connectivity index (χ1) is 10.5. The molecule has 2 aromatic heterocycles. The zero-order valence-electron chi connectivity index (χ0n) is 13.4. The fraction of sp³-hybridized carbons (Fsp3) is 0.471. The van der Waals surface area contributed by atoms with Crippen LogP contribution >= 0.6 is 0 Å². The summed E-state index contributed by atoms with van der Waals surface area (Å²) in [5.41, 5.74) is 1.06. The van der Waals surface area contributed by atoms with Crippen molar-refractivity contribution in [1.82, 2.24) is 15.2 Å². The number of anilines is 1. The molecule has 5 heteroatoms. The van der Waals surface area contributed by atoms with Crippen molar-refractivity contribution in [1.29, 1.82) is 0 Å². The van der Waals surface area contributed by atoms with Gasteiger partial charge in [-0.05, 0) is 24.3 Å². The molecule has 3 heterocycles. The van der Waals surface area contributed by atoms with Crippen LogP contribution in [-0.2, 0) is 5.41 Å². The Bertz CT molecular complexity index is 601.